The van der Waals surface area contributed by atoms with E-state index in [1.807, 2.05) is 31.2 Å². The summed E-state index contributed by atoms with van der Waals surface area (Å²) in [6, 6.07) is 7.62. The highest BCUT2D eigenvalue weighted by molar-refractivity contribution is 5.91. The lowest BCUT2D eigenvalue weighted by Crippen LogP contribution is -2.26. The first-order chi connectivity index (χ1) is 9.11. The Kier molecular flexibility index (Phi) is 3.56. The molecule has 0 radical (unpaired) electrons. The predicted octanol–water partition coefficient (Wildman–Crippen LogP) is 0.122. The molecule has 7 nitrogen and oxygen atoms in total. The van der Waals surface area contributed by atoms with Crippen molar-refractivity contribution in [1.82, 2.24) is 20.4 Å². The minimum atomic E-state index is -0.595. The molecule has 1 heterocycles. The Hall–Kier alpha value is -2.70. The van der Waals surface area contributed by atoms with Crippen LogP contribution in [-0.2, 0) is 0 Å². The Bertz CT molecular complexity index is 666. The second kappa shape index (κ2) is 5.30. The molecule has 19 heavy (non-hydrogen) atoms. The first-order valence-electron chi connectivity index (χ1n) is 5.62. The van der Waals surface area contributed by atoms with Crippen molar-refractivity contribution < 1.29 is 4.79 Å². The quantitative estimate of drug-likeness (QED) is 0.767. The van der Waals surface area contributed by atoms with Gasteiger partial charge in [-0.25, -0.2) is 0 Å². The van der Waals surface area contributed by atoms with Crippen LogP contribution in [0.5, 0.6) is 0 Å². The Morgan fingerprint density at radius 1 is 1.42 bits per heavy atom. The Labute approximate surface area is 108 Å². The topological polar surface area (TPSA) is 92.1 Å². The van der Waals surface area contributed by atoms with Crippen LogP contribution in [0.15, 0.2) is 34.2 Å². The molecular weight excluding hydrogens is 246 g/mol. The first-order valence-corrected chi connectivity index (χ1v) is 5.62. The SMILES string of the molecule is CNC(=O)c1n[nH]n(/N=C/c2ccc(C)cc2)c1=O. The van der Waals surface area contributed by atoms with Crippen molar-refractivity contribution in [3.05, 3.63) is 51.4 Å². The van der Waals surface area contributed by atoms with Crippen LogP contribution >= 0.6 is 0 Å². The number of benzene rings is 1. The van der Waals surface area contributed by atoms with Gasteiger partial charge in [-0.05, 0) is 12.5 Å². The summed E-state index contributed by atoms with van der Waals surface area (Å²) in [5.74, 6) is -0.550. The number of carbonyl (C=O) groups excluding carboxylic acids is 1. The number of aryl methyl sites for hydroxylation is 1. The zero-order chi connectivity index (χ0) is 13.8. The van der Waals surface area contributed by atoms with Gasteiger partial charge >= 0.3 is 5.56 Å². The molecule has 0 unspecified atom stereocenters. The van der Waals surface area contributed by atoms with Crippen LogP contribution in [0.4, 0.5) is 0 Å². The number of rotatable bonds is 3. The standard InChI is InChI=1S/C12H13N5O2/c1-8-3-5-9(6-4-8)7-14-17-12(19)10(15-16-17)11(18)13-2/h3-7,16H,1-2H3,(H,13,18)/b14-7+. The molecule has 0 saturated carbocycles. The average Bonchev–Trinajstić information content (AvgIpc) is 2.79. The summed E-state index contributed by atoms with van der Waals surface area (Å²) in [6.45, 7) is 1.98. The van der Waals surface area contributed by atoms with Gasteiger partial charge in [-0.15, -0.1) is 9.89 Å². The smallest absolute Gasteiger partial charge is 0.320 e. The number of carbonyl (C=O) groups is 1. The molecular formula is C12H13N5O2. The average molecular weight is 259 g/mol. The molecule has 2 rings (SSSR count). The summed E-state index contributed by atoms with van der Waals surface area (Å²) < 4.78 is 0. The minimum Gasteiger partial charge on any atom is -0.354 e. The van der Waals surface area contributed by atoms with Gasteiger partial charge in [-0.1, -0.05) is 29.8 Å². The van der Waals surface area contributed by atoms with E-state index in [2.05, 4.69) is 20.7 Å². The fourth-order valence-corrected chi connectivity index (χ4v) is 1.41. The van der Waals surface area contributed by atoms with Crippen LogP contribution in [0.25, 0.3) is 0 Å². The highest BCUT2D eigenvalue weighted by Gasteiger charge is 2.14. The third-order valence-corrected chi connectivity index (χ3v) is 2.49. The van der Waals surface area contributed by atoms with Gasteiger partial charge in [0.25, 0.3) is 5.91 Å². The monoisotopic (exact) mass is 259 g/mol. The fourth-order valence-electron chi connectivity index (χ4n) is 1.41. The van der Waals surface area contributed by atoms with Gasteiger partial charge in [0.1, 0.15) is 0 Å². The lowest BCUT2D eigenvalue weighted by molar-refractivity contribution is 0.0957. The number of hydrogen-bond donors (Lipinski definition) is 2. The van der Waals surface area contributed by atoms with Crippen LogP contribution in [0.1, 0.15) is 21.6 Å². The summed E-state index contributed by atoms with van der Waals surface area (Å²) in [5.41, 5.74) is 1.16. The van der Waals surface area contributed by atoms with Crippen molar-refractivity contribution in [2.45, 2.75) is 6.92 Å². The number of aromatic amines is 1. The van der Waals surface area contributed by atoms with Crippen LogP contribution in [-0.4, -0.2) is 34.3 Å². The molecule has 0 aliphatic rings. The zero-order valence-corrected chi connectivity index (χ0v) is 10.5. The van der Waals surface area contributed by atoms with E-state index in [0.717, 1.165) is 15.9 Å². The molecule has 0 fully saturated rings. The molecule has 0 aliphatic heterocycles. The van der Waals surface area contributed by atoms with E-state index >= 15 is 0 Å². The first kappa shape index (κ1) is 12.7. The maximum Gasteiger partial charge on any atom is 0.320 e. The van der Waals surface area contributed by atoms with E-state index < -0.39 is 11.5 Å². The maximum absolute atomic E-state index is 11.7. The second-order valence-corrected chi connectivity index (χ2v) is 3.91. The Morgan fingerprint density at radius 2 is 2.11 bits per heavy atom. The van der Waals surface area contributed by atoms with Crippen molar-refractivity contribution in [3.63, 3.8) is 0 Å². The van der Waals surface area contributed by atoms with Gasteiger partial charge in [0.05, 0.1) is 6.21 Å². The molecule has 0 spiro atoms. The molecule has 1 amide bonds. The van der Waals surface area contributed by atoms with Crippen LogP contribution in [0.3, 0.4) is 0 Å². The van der Waals surface area contributed by atoms with Gasteiger partial charge in [0, 0.05) is 7.05 Å². The van der Waals surface area contributed by atoms with Crippen molar-refractivity contribution >= 4 is 12.1 Å². The summed E-state index contributed by atoms with van der Waals surface area (Å²) in [5, 5.41) is 12.2. The molecule has 7 heteroatoms. The maximum atomic E-state index is 11.7. The molecule has 0 bridgehead atoms. The highest BCUT2D eigenvalue weighted by Crippen LogP contribution is 2.00. The molecule has 0 aliphatic carbocycles. The van der Waals surface area contributed by atoms with Crippen molar-refractivity contribution in [3.8, 4) is 0 Å². The van der Waals surface area contributed by atoms with E-state index in [1.54, 1.807) is 0 Å². The van der Waals surface area contributed by atoms with Gasteiger partial charge in [-0.3, -0.25) is 9.59 Å². The molecule has 2 N–H and O–H groups in total. The summed E-state index contributed by atoms with van der Waals surface area (Å²) in [4.78, 5) is 23.9. The fraction of sp³-hybridized carbons (Fsp3) is 0.167. The number of H-pyrrole nitrogens is 1. The van der Waals surface area contributed by atoms with E-state index in [0.29, 0.717) is 0 Å². The lowest BCUT2D eigenvalue weighted by Gasteiger charge is -1.94. The lowest BCUT2D eigenvalue weighted by atomic mass is 10.2. The molecule has 2 aromatic rings. The van der Waals surface area contributed by atoms with E-state index in [-0.39, 0.29) is 5.69 Å². The normalized spacial score (nSPS) is 10.8. The molecule has 1 aromatic carbocycles. The summed E-state index contributed by atoms with van der Waals surface area (Å²) in [6.07, 6.45) is 1.51. The van der Waals surface area contributed by atoms with Gasteiger partial charge in [0.2, 0.25) is 5.69 Å². The number of hydrogen-bond acceptors (Lipinski definition) is 4. The third kappa shape index (κ3) is 2.76. The molecule has 1 aromatic heterocycles. The number of amides is 1. The Balaban J connectivity index is 2.25. The van der Waals surface area contributed by atoms with E-state index in [9.17, 15) is 9.59 Å². The molecule has 0 saturated heterocycles. The van der Waals surface area contributed by atoms with Crippen molar-refractivity contribution in [2.75, 3.05) is 7.05 Å². The third-order valence-electron chi connectivity index (χ3n) is 2.49. The molecule has 0 atom stereocenters. The minimum absolute atomic E-state index is 0.219. The van der Waals surface area contributed by atoms with Gasteiger partial charge in [-0.2, -0.15) is 10.3 Å². The van der Waals surface area contributed by atoms with Crippen LogP contribution in [0.2, 0.25) is 0 Å². The van der Waals surface area contributed by atoms with Crippen LogP contribution in [0, 0.1) is 6.92 Å². The van der Waals surface area contributed by atoms with Crippen molar-refractivity contribution in [2.24, 2.45) is 5.10 Å². The Morgan fingerprint density at radius 3 is 2.74 bits per heavy atom. The van der Waals surface area contributed by atoms with E-state index in [1.165, 1.54) is 13.3 Å². The summed E-state index contributed by atoms with van der Waals surface area (Å²) >= 11 is 0. The van der Waals surface area contributed by atoms with Gasteiger partial charge < -0.3 is 5.32 Å². The predicted molar refractivity (Wildman–Crippen MR) is 70.4 cm³/mol. The van der Waals surface area contributed by atoms with E-state index in [4.69, 9.17) is 0 Å². The summed E-state index contributed by atoms with van der Waals surface area (Å²) in [7, 11) is 1.43. The second-order valence-electron chi connectivity index (χ2n) is 3.91. The van der Waals surface area contributed by atoms with Gasteiger partial charge in [0.15, 0.2) is 0 Å². The number of aromatic nitrogens is 3. The van der Waals surface area contributed by atoms with Crippen molar-refractivity contribution in [1.29, 1.82) is 0 Å². The largest absolute Gasteiger partial charge is 0.354 e. The molecule has 98 valence electrons. The zero-order valence-electron chi connectivity index (χ0n) is 10.5. The van der Waals surface area contributed by atoms with Crippen LogP contribution < -0.4 is 10.9 Å². The number of nitrogens with one attached hydrogen (secondary N) is 2. The number of nitrogens with zero attached hydrogens (tertiary/aromatic N) is 3. The highest BCUT2D eigenvalue weighted by atomic mass is 16.2.